The fourth-order valence-corrected chi connectivity index (χ4v) is 2.42. The number of ether oxygens (including phenoxy) is 1. The molecular formula is C14H13BrN4O. The quantitative estimate of drug-likeness (QED) is 0.800. The van der Waals surface area contributed by atoms with Gasteiger partial charge in [0.05, 0.1) is 5.69 Å². The summed E-state index contributed by atoms with van der Waals surface area (Å²) in [5.41, 5.74) is 8.41. The van der Waals surface area contributed by atoms with Crippen molar-refractivity contribution in [2.75, 3.05) is 0 Å². The fourth-order valence-electron chi connectivity index (χ4n) is 2.01. The molecular weight excluding hydrogens is 320 g/mol. The van der Waals surface area contributed by atoms with Crippen LogP contribution < -0.4 is 10.5 Å². The average molecular weight is 333 g/mol. The number of fused-ring (bicyclic) bond motifs is 1. The molecule has 0 aliphatic heterocycles. The van der Waals surface area contributed by atoms with E-state index in [1.54, 1.807) is 16.9 Å². The Kier molecular flexibility index (Phi) is 3.42. The Morgan fingerprint density at radius 2 is 2.20 bits per heavy atom. The molecule has 0 radical (unpaired) electrons. The van der Waals surface area contributed by atoms with Gasteiger partial charge in [0.25, 0.3) is 0 Å². The molecule has 3 rings (SSSR count). The highest BCUT2D eigenvalue weighted by atomic mass is 79.9. The van der Waals surface area contributed by atoms with Crippen LogP contribution in [0.4, 0.5) is 0 Å². The van der Waals surface area contributed by atoms with Crippen molar-refractivity contribution >= 4 is 21.4 Å². The van der Waals surface area contributed by atoms with Gasteiger partial charge in [-0.15, -0.1) is 0 Å². The summed E-state index contributed by atoms with van der Waals surface area (Å²) in [5, 5.41) is 4.34. The molecule has 0 saturated heterocycles. The number of benzene rings is 1. The van der Waals surface area contributed by atoms with Crippen molar-refractivity contribution in [2.24, 2.45) is 5.73 Å². The number of nitrogens with zero attached hydrogens (tertiary/aromatic N) is 3. The molecule has 2 heterocycles. The molecule has 2 N–H and O–H groups in total. The Bertz CT molecular complexity index is 769. The predicted octanol–water partition coefficient (Wildman–Crippen LogP) is 3.05. The zero-order chi connectivity index (χ0) is 14.1. The molecule has 0 spiro atoms. The Morgan fingerprint density at radius 3 is 3.00 bits per heavy atom. The highest BCUT2D eigenvalue weighted by Gasteiger charge is 2.10. The van der Waals surface area contributed by atoms with Gasteiger partial charge in [-0.3, -0.25) is 0 Å². The summed E-state index contributed by atoms with van der Waals surface area (Å²) in [6.45, 7) is 2.33. The van der Waals surface area contributed by atoms with Gasteiger partial charge in [0.1, 0.15) is 11.3 Å². The summed E-state index contributed by atoms with van der Waals surface area (Å²) >= 11 is 3.42. The van der Waals surface area contributed by atoms with E-state index in [4.69, 9.17) is 10.5 Å². The highest BCUT2D eigenvalue weighted by molar-refractivity contribution is 9.10. The monoisotopic (exact) mass is 332 g/mol. The summed E-state index contributed by atoms with van der Waals surface area (Å²) in [7, 11) is 0. The van der Waals surface area contributed by atoms with Crippen molar-refractivity contribution in [3.8, 4) is 11.6 Å². The van der Waals surface area contributed by atoms with Crippen LogP contribution in [0.25, 0.3) is 5.52 Å². The molecule has 3 aromatic rings. The molecule has 0 atom stereocenters. The normalized spacial score (nSPS) is 10.9. The maximum atomic E-state index is 5.91. The van der Waals surface area contributed by atoms with Crippen LogP contribution in [0.1, 0.15) is 11.3 Å². The number of rotatable bonds is 3. The first-order valence-corrected chi connectivity index (χ1v) is 6.94. The van der Waals surface area contributed by atoms with E-state index in [1.165, 1.54) is 0 Å². The third-order valence-electron chi connectivity index (χ3n) is 2.93. The predicted molar refractivity (Wildman–Crippen MR) is 79.8 cm³/mol. The summed E-state index contributed by atoms with van der Waals surface area (Å²) in [6, 6.07) is 7.66. The van der Waals surface area contributed by atoms with E-state index in [0.29, 0.717) is 18.2 Å². The molecule has 20 heavy (non-hydrogen) atoms. The summed E-state index contributed by atoms with van der Waals surface area (Å²) in [5.74, 6) is 1.22. The van der Waals surface area contributed by atoms with Crippen LogP contribution >= 0.6 is 15.9 Å². The van der Waals surface area contributed by atoms with Crippen molar-refractivity contribution in [1.82, 2.24) is 14.6 Å². The second kappa shape index (κ2) is 5.22. The molecule has 0 amide bonds. The van der Waals surface area contributed by atoms with Crippen LogP contribution in [-0.4, -0.2) is 14.6 Å². The van der Waals surface area contributed by atoms with Gasteiger partial charge in [-0.1, -0.05) is 15.9 Å². The van der Waals surface area contributed by atoms with Gasteiger partial charge in [0, 0.05) is 29.0 Å². The zero-order valence-electron chi connectivity index (χ0n) is 10.9. The smallest absolute Gasteiger partial charge is 0.245 e. The van der Waals surface area contributed by atoms with Gasteiger partial charge in [-0.05, 0) is 31.2 Å². The summed E-state index contributed by atoms with van der Waals surface area (Å²) in [4.78, 5) is 4.28. The van der Waals surface area contributed by atoms with E-state index in [-0.39, 0.29) is 0 Å². The third kappa shape index (κ3) is 2.39. The van der Waals surface area contributed by atoms with Crippen LogP contribution in [0.2, 0.25) is 0 Å². The van der Waals surface area contributed by atoms with Gasteiger partial charge >= 0.3 is 0 Å². The minimum absolute atomic E-state index is 0.399. The largest absolute Gasteiger partial charge is 0.437 e. The number of hydrogen-bond acceptors (Lipinski definition) is 4. The van der Waals surface area contributed by atoms with Crippen molar-refractivity contribution in [1.29, 1.82) is 0 Å². The van der Waals surface area contributed by atoms with Crippen LogP contribution in [0.3, 0.4) is 0 Å². The Labute approximate surface area is 124 Å². The van der Waals surface area contributed by atoms with Gasteiger partial charge in [0.2, 0.25) is 5.88 Å². The summed E-state index contributed by atoms with van der Waals surface area (Å²) < 4.78 is 8.63. The second-order valence-corrected chi connectivity index (χ2v) is 5.32. The number of halogens is 1. The van der Waals surface area contributed by atoms with Crippen LogP contribution in [0, 0.1) is 6.92 Å². The lowest BCUT2D eigenvalue weighted by atomic mass is 10.2. The maximum Gasteiger partial charge on any atom is 0.245 e. The van der Waals surface area contributed by atoms with Gasteiger partial charge in [-0.2, -0.15) is 5.10 Å². The van der Waals surface area contributed by atoms with Gasteiger partial charge < -0.3 is 10.5 Å². The lowest BCUT2D eigenvalue weighted by Crippen LogP contribution is -2.01. The second-order valence-electron chi connectivity index (χ2n) is 4.41. The van der Waals surface area contributed by atoms with Crippen LogP contribution in [0.5, 0.6) is 11.6 Å². The van der Waals surface area contributed by atoms with Crippen molar-refractivity contribution in [3.63, 3.8) is 0 Å². The number of nitrogens with two attached hydrogens (primary N) is 1. The summed E-state index contributed by atoms with van der Waals surface area (Å²) in [6.07, 6.45) is 3.45. The third-order valence-corrected chi connectivity index (χ3v) is 3.42. The molecule has 2 aromatic heterocycles. The van der Waals surface area contributed by atoms with E-state index in [9.17, 15) is 0 Å². The SMILES string of the molecule is Cc1cc2c(Oc3ccc(Br)cc3CN)nccn2n1. The van der Waals surface area contributed by atoms with Crippen LogP contribution in [0.15, 0.2) is 41.1 Å². The lowest BCUT2D eigenvalue weighted by Gasteiger charge is -2.10. The molecule has 5 nitrogen and oxygen atoms in total. The molecule has 6 heteroatoms. The minimum atomic E-state index is 0.399. The molecule has 0 fully saturated rings. The first-order chi connectivity index (χ1) is 9.67. The Morgan fingerprint density at radius 1 is 1.35 bits per heavy atom. The maximum absolute atomic E-state index is 5.91. The topological polar surface area (TPSA) is 65.4 Å². The van der Waals surface area contributed by atoms with E-state index < -0.39 is 0 Å². The van der Waals surface area contributed by atoms with Crippen LogP contribution in [-0.2, 0) is 6.54 Å². The molecule has 102 valence electrons. The van der Waals surface area contributed by atoms with E-state index in [1.807, 2.05) is 31.2 Å². The van der Waals surface area contributed by atoms with Gasteiger partial charge in [0.15, 0.2) is 0 Å². The standard InChI is InChI=1S/C14H13BrN4O/c1-9-6-12-14(17-4-5-19(12)18-9)20-13-3-2-11(15)7-10(13)8-16/h2-7H,8,16H2,1H3. The van der Waals surface area contributed by atoms with E-state index in [2.05, 4.69) is 26.0 Å². The zero-order valence-corrected chi connectivity index (χ0v) is 12.5. The van der Waals surface area contributed by atoms with E-state index >= 15 is 0 Å². The molecule has 0 bridgehead atoms. The Hall–Kier alpha value is -1.92. The Balaban J connectivity index is 2.05. The number of aryl methyl sites for hydroxylation is 1. The molecule has 0 aliphatic carbocycles. The average Bonchev–Trinajstić information content (AvgIpc) is 2.82. The van der Waals surface area contributed by atoms with Crippen molar-refractivity contribution in [3.05, 3.63) is 52.4 Å². The fraction of sp³-hybridized carbons (Fsp3) is 0.143. The minimum Gasteiger partial charge on any atom is -0.437 e. The first kappa shape index (κ1) is 13.1. The van der Waals surface area contributed by atoms with Crippen molar-refractivity contribution < 1.29 is 4.74 Å². The highest BCUT2D eigenvalue weighted by Crippen LogP contribution is 2.29. The van der Waals surface area contributed by atoms with E-state index in [0.717, 1.165) is 21.2 Å². The number of aromatic nitrogens is 3. The lowest BCUT2D eigenvalue weighted by molar-refractivity contribution is 0.459. The molecule has 0 unspecified atom stereocenters. The van der Waals surface area contributed by atoms with Crippen molar-refractivity contribution in [2.45, 2.75) is 13.5 Å². The molecule has 0 aliphatic rings. The molecule has 0 saturated carbocycles. The molecule has 1 aromatic carbocycles. The first-order valence-electron chi connectivity index (χ1n) is 6.14. The number of hydrogen-bond donors (Lipinski definition) is 1. The van der Waals surface area contributed by atoms with Gasteiger partial charge in [-0.25, -0.2) is 9.50 Å².